The molecule has 2 heterocycles. The predicted molar refractivity (Wildman–Crippen MR) is 79.9 cm³/mol. The lowest BCUT2D eigenvalue weighted by Gasteiger charge is -2.29. The Morgan fingerprint density at radius 3 is 2.95 bits per heavy atom. The first-order valence-corrected chi connectivity index (χ1v) is 7.50. The molecule has 1 aromatic rings. The van der Waals surface area contributed by atoms with Gasteiger partial charge in [0.05, 0.1) is 23.9 Å². The number of hydrogen-bond acceptors (Lipinski definition) is 4. The van der Waals surface area contributed by atoms with E-state index < -0.39 is 0 Å². The fourth-order valence-corrected chi connectivity index (χ4v) is 3.10. The van der Waals surface area contributed by atoms with Crippen molar-refractivity contribution in [2.45, 2.75) is 25.7 Å². The second-order valence-corrected chi connectivity index (χ2v) is 5.57. The van der Waals surface area contributed by atoms with Crippen LogP contribution >= 0.6 is 0 Å². The van der Waals surface area contributed by atoms with Gasteiger partial charge in [-0.2, -0.15) is 0 Å². The third-order valence-corrected chi connectivity index (χ3v) is 4.20. The second-order valence-electron chi connectivity index (χ2n) is 5.57. The number of fused-ring (bicyclic) bond motifs is 1. The van der Waals surface area contributed by atoms with Crippen LogP contribution in [0.25, 0.3) is 0 Å². The second kappa shape index (κ2) is 6.26. The van der Waals surface area contributed by atoms with Gasteiger partial charge in [-0.05, 0) is 31.7 Å². The average molecular weight is 288 g/mol. The molecule has 5 heteroatoms. The summed E-state index contributed by atoms with van der Waals surface area (Å²) < 4.78 is 5.44. The van der Waals surface area contributed by atoms with E-state index in [0.717, 1.165) is 37.1 Å². The molecule has 0 aliphatic carbocycles. The Balaban J connectivity index is 1.92. The number of benzene rings is 1. The molecule has 1 aromatic carbocycles. The molecular formula is C16H20N2O3. The Morgan fingerprint density at radius 2 is 2.19 bits per heavy atom. The van der Waals surface area contributed by atoms with Crippen LogP contribution in [0.15, 0.2) is 29.4 Å². The van der Waals surface area contributed by atoms with Gasteiger partial charge in [-0.3, -0.25) is 4.79 Å². The molecule has 1 atom stereocenters. The number of oxime groups is 1. The van der Waals surface area contributed by atoms with E-state index in [0.29, 0.717) is 25.3 Å². The molecule has 0 radical (unpaired) electrons. The van der Waals surface area contributed by atoms with Gasteiger partial charge in [-0.25, -0.2) is 0 Å². The predicted octanol–water partition coefficient (Wildman–Crippen LogP) is 2.42. The molecule has 3 rings (SSSR count). The number of rotatable bonds is 1. The van der Waals surface area contributed by atoms with Crippen molar-refractivity contribution in [1.29, 1.82) is 0 Å². The third kappa shape index (κ3) is 2.78. The van der Waals surface area contributed by atoms with E-state index in [1.165, 1.54) is 0 Å². The standard InChI is InChI=1S/C16H20N2O3/c19-16(12-5-4-10-21-11-12)18-9-3-7-14(17-20)13-6-1-2-8-15(13)18/h1-2,6,8,12,20H,3-5,7,9-11H2/b17-14-. The van der Waals surface area contributed by atoms with Gasteiger partial charge >= 0.3 is 0 Å². The Labute approximate surface area is 124 Å². The largest absolute Gasteiger partial charge is 0.411 e. The van der Waals surface area contributed by atoms with E-state index >= 15 is 0 Å². The summed E-state index contributed by atoms with van der Waals surface area (Å²) in [6, 6.07) is 7.65. The fourth-order valence-electron chi connectivity index (χ4n) is 3.10. The monoisotopic (exact) mass is 288 g/mol. The minimum Gasteiger partial charge on any atom is -0.411 e. The molecule has 0 bridgehead atoms. The minimum absolute atomic E-state index is 0.0561. The Hall–Kier alpha value is -1.88. The molecule has 1 amide bonds. The van der Waals surface area contributed by atoms with E-state index in [9.17, 15) is 10.0 Å². The summed E-state index contributed by atoms with van der Waals surface area (Å²) in [4.78, 5) is 14.6. The number of amides is 1. The zero-order chi connectivity index (χ0) is 14.7. The van der Waals surface area contributed by atoms with Crippen molar-refractivity contribution in [2.75, 3.05) is 24.7 Å². The summed E-state index contributed by atoms with van der Waals surface area (Å²) in [5.74, 6) is 0.0701. The minimum atomic E-state index is -0.0561. The highest BCUT2D eigenvalue weighted by atomic mass is 16.5. The molecule has 2 aliphatic rings. The van der Waals surface area contributed by atoms with Crippen molar-refractivity contribution in [3.05, 3.63) is 29.8 Å². The maximum Gasteiger partial charge on any atom is 0.232 e. The van der Waals surface area contributed by atoms with Gasteiger partial charge in [-0.1, -0.05) is 23.4 Å². The highest BCUT2D eigenvalue weighted by molar-refractivity contribution is 6.09. The topological polar surface area (TPSA) is 62.1 Å². The highest BCUT2D eigenvalue weighted by Gasteiger charge is 2.30. The van der Waals surface area contributed by atoms with Gasteiger partial charge in [0.2, 0.25) is 5.91 Å². The zero-order valence-corrected chi connectivity index (χ0v) is 12.0. The van der Waals surface area contributed by atoms with Crippen LogP contribution in [0.1, 0.15) is 31.2 Å². The van der Waals surface area contributed by atoms with Crippen LogP contribution in [-0.2, 0) is 9.53 Å². The van der Waals surface area contributed by atoms with Gasteiger partial charge in [-0.15, -0.1) is 0 Å². The molecule has 1 N–H and O–H groups in total. The van der Waals surface area contributed by atoms with Crippen LogP contribution in [0.4, 0.5) is 5.69 Å². The molecule has 112 valence electrons. The lowest BCUT2D eigenvalue weighted by atomic mass is 9.99. The van der Waals surface area contributed by atoms with E-state index in [-0.39, 0.29) is 11.8 Å². The molecule has 1 saturated heterocycles. The molecule has 0 spiro atoms. The number of ether oxygens (including phenoxy) is 1. The van der Waals surface area contributed by atoms with Crippen molar-refractivity contribution in [1.82, 2.24) is 0 Å². The van der Waals surface area contributed by atoms with Crippen LogP contribution in [0.5, 0.6) is 0 Å². The van der Waals surface area contributed by atoms with Crippen LogP contribution < -0.4 is 4.90 Å². The maximum atomic E-state index is 12.8. The van der Waals surface area contributed by atoms with Crippen LogP contribution in [0, 0.1) is 5.92 Å². The molecular weight excluding hydrogens is 268 g/mol. The third-order valence-electron chi connectivity index (χ3n) is 4.20. The number of nitrogens with zero attached hydrogens (tertiary/aromatic N) is 2. The van der Waals surface area contributed by atoms with Crippen molar-refractivity contribution in [3.63, 3.8) is 0 Å². The van der Waals surface area contributed by atoms with Gasteiger partial charge in [0.15, 0.2) is 0 Å². The average Bonchev–Trinajstić information content (AvgIpc) is 2.74. The maximum absolute atomic E-state index is 12.8. The van der Waals surface area contributed by atoms with Crippen LogP contribution in [0.2, 0.25) is 0 Å². The summed E-state index contributed by atoms with van der Waals surface area (Å²) >= 11 is 0. The summed E-state index contributed by atoms with van der Waals surface area (Å²) in [5.41, 5.74) is 2.35. The smallest absolute Gasteiger partial charge is 0.232 e. The van der Waals surface area contributed by atoms with E-state index in [2.05, 4.69) is 5.16 Å². The van der Waals surface area contributed by atoms with E-state index in [1.54, 1.807) is 0 Å². The number of carbonyl (C=O) groups is 1. The fraction of sp³-hybridized carbons (Fsp3) is 0.500. The first-order chi connectivity index (χ1) is 10.3. The number of anilines is 1. The SMILES string of the molecule is O=C(C1CCCOC1)N1CCC/C(=N/O)c2ccccc21. The van der Waals surface area contributed by atoms with E-state index in [1.807, 2.05) is 29.2 Å². The number of hydrogen-bond donors (Lipinski definition) is 1. The molecule has 2 aliphatic heterocycles. The van der Waals surface area contributed by atoms with Crippen molar-refractivity contribution in [2.24, 2.45) is 11.1 Å². The first-order valence-electron chi connectivity index (χ1n) is 7.50. The Morgan fingerprint density at radius 1 is 1.33 bits per heavy atom. The normalized spacial score (nSPS) is 24.5. The zero-order valence-electron chi connectivity index (χ0n) is 12.0. The molecule has 21 heavy (non-hydrogen) atoms. The van der Waals surface area contributed by atoms with Crippen LogP contribution in [-0.4, -0.2) is 36.6 Å². The molecule has 1 fully saturated rings. The lowest BCUT2D eigenvalue weighted by molar-refractivity contribution is -0.126. The summed E-state index contributed by atoms with van der Waals surface area (Å²) in [6.07, 6.45) is 3.31. The number of para-hydroxylation sites is 1. The molecule has 0 aromatic heterocycles. The molecule has 0 saturated carbocycles. The van der Waals surface area contributed by atoms with Gasteiger partial charge in [0, 0.05) is 18.7 Å². The van der Waals surface area contributed by atoms with Gasteiger partial charge in [0.1, 0.15) is 0 Å². The Bertz CT molecular complexity index is 550. The summed E-state index contributed by atoms with van der Waals surface area (Å²) in [7, 11) is 0. The van der Waals surface area contributed by atoms with Crippen molar-refractivity contribution >= 4 is 17.3 Å². The van der Waals surface area contributed by atoms with Crippen LogP contribution in [0.3, 0.4) is 0 Å². The Kier molecular flexibility index (Phi) is 4.20. The summed E-state index contributed by atoms with van der Waals surface area (Å²) in [6.45, 7) is 1.92. The van der Waals surface area contributed by atoms with Crippen molar-refractivity contribution in [3.8, 4) is 0 Å². The highest BCUT2D eigenvalue weighted by Crippen LogP contribution is 2.29. The van der Waals surface area contributed by atoms with E-state index in [4.69, 9.17) is 4.74 Å². The molecule has 5 nitrogen and oxygen atoms in total. The first kappa shape index (κ1) is 14.1. The quantitative estimate of drug-likeness (QED) is 0.637. The van der Waals surface area contributed by atoms with Crippen molar-refractivity contribution < 1.29 is 14.7 Å². The number of carbonyl (C=O) groups excluding carboxylic acids is 1. The van der Waals surface area contributed by atoms with Gasteiger partial charge < -0.3 is 14.8 Å². The lowest BCUT2D eigenvalue weighted by Crippen LogP contribution is -2.40. The van der Waals surface area contributed by atoms with Gasteiger partial charge in [0.25, 0.3) is 0 Å². The molecule has 1 unspecified atom stereocenters. The summed E-state index contributed by atoms with van der Waals surface area (Å²) in [5, 5.41) is 12.6.